The van der Waals surface area contributed by atoms with Gasteiger partial charge in [-0.05, 0) is 110 Å². The van der Waals surface area contributed by atoms with Crippen LogP contribution in [0.4, 0.5) is 17.1 Å². The predicted octanol–water partition coefficient (Wildman–Crippen LogP) is 15.3. The van der Waals surface area contributed by atoms with E-state index in [0.29, 0.717) is 0 Å². The number of benzene rings is 7. The summed E-state index contributed by atoms with van der Waals surface area (Å²) in [6.45, 7) is 20.9. The van der Waals surface area contributed by atoms with Gasteiger partial charge in [0.2, 0.25) is 0 Å². The van der Waals surface area contributed by atoms with Gasteiger partial charge in [-0.1, -0.05) is 165 Å². The lowest BCUT2D eigenvalue weighted by Crippen LogP contribution is -2.23. The van der Waals surface area contributed by atoms with Crippen molar-refractivity contribution < 1.29 is 4.42 Å². The normalized spacial score (nSPS) is 15.0. The third kappa shape index (κ3) is 5.15. The van der Waals surface area contributed by atoms with Crippen LogP contribution in [0.3, 0.4) is 0 Å². The molecule has 0 aliphatic heterocycles. The molecule has 282 valence electrons. The predicted molar refractivity (Wildman–Crippen MR) is 241 cm³/mol. The molecule has 0 N–H and O–H groups in total. The van der Waals surface area contributed by atoms with E-state index in [4.69, 9.17) is 4.42 Å². The van der Waals surface area contributed by atoms with Gasteiger partial charge in [0.25, 0.3) is 0 Å². The smallest absolute Gasteiger partial charge is 0.159 e. The Balaban J connectivity index is 1.24. The monoisotopic (exact) mass is 741 g/mol. The number of hydrogen-bond donors (Lipinski definition) is 0. The van der Waals surface area contributed by atoms with Crippen LogP contribution in [0.2, 0.25) is 0 Å². The number of hydrogen-bond acceptors (Lipinski definition) is 2. The van der Waals surface area contributed by atoms with E-state index in [-0.39, 0.29) is 21.7 Å². The fraction of sp³-hybridized carbons (Fsp3) is 0.236. The minimum atomic E-state index is -0.327. The lowest BCUT2D eigenvalue weighted by molar-refractivity contribution is 0.559. The quantitative estimate of drug-likeness (QED) is 0.179. The summed E-state index contributed by atoms with van der Waals surface area (Å²) in [4.78, 5) is 2.45. The molecule has 1 heterocycles. The van der Waals surface area contributed by atoms with Gasteiger partial charge in [0.05, 0.1) is 5.69 Å². The summed E-state index contributed by atoms with van der Waals surface area (Å²) in [5, 5.41) is 2.31. The first kappa shape index (κ1) is 35.5. The average Bonchev–Trinajstić information content (AvgIpc) is 3.79. The first-order valence-electron chi connectivity index (χ1n) is 20.5. The molecule has 0 saturated carbocycles. The number of anilines is 3. The number of para-hydroxylation sites is 1. The highest BCUT2D eigenvalue weighted by Crippen LogP contribution is 2.55. The van der Waals surface area contributed by atoms with Crippen molar-refractivity contribution in [2.24, 2.45) is 0 Å². The molecule has 0 spiro atoms. The fourth-order valence-electron chi connectivity index (χ4n) is 10.0. The number of nitrogens with zero attached hydrogens (tertiary/aromatic N) is 1. The van der Waals surface area contributed by atoms with Crippen LogP contribution in [0.1, 0.15) is 101 Å². The fourth-order valence-corrected chi connectivity index (χ4v) is 10.0. The molecule has 10 rings (SSSR count). The summed E-state index contributed by atoms with van der Waals surface area (Å²) < 4.78 is 7.22. The van der Waals surface area contributed by atoms with Gasteiger partial charge in [0, 0.05) is 38.5 Å². The highest BCUT2D eigenvalue weighted by Gasteiger charge is 2.41. The van der Waals surface area contributed by atoms with Crippen LogP contribution in [0, 0.1) is 0 Å². The van der Waals surface area contributed by atoms with Crippen molar-refractivity contribution in [3.05, 3.63) is 185 Å². The van der Waals surface area contributed by atoms with Crippen molar-refractivity contribution in [2.45, 2.75) is 84.0 Å². The van der Waals surface area contributed by atoms with Crippen molar-refractivity contribution in [3.63, 3.8) is 0 Å². The van der Waals surface area contributed by atoms with Crippen LogP contribution in [0.15, 0.2) is 150 Å². The summed E-state index contributed by atoms with van der Waals surface area (Å²) in [7, 11) is 0. The van der Waals surface area contributed by atoms with E-state index in [0.717, 1.165) is 33.6 Å². The Kier molecular flexibility index (Phi) is 7.53. The Morgan fingerprint density at radius 1 is 0.456 bits per heavy atom. The van der Waals surface area contributed by atoms with Crippen molar-refractivity contribution in [2.75, 3.05) is 4.90 Å². The molecule has 2 aliphatic rings. The van der Waals surface area contributed by atoms with E-state index >= 15 is 0 Å². The molecule has 2 aliphatic carbocycles. The molecule has 0 bridgehead atoms. The van der Waals surface area contributed by atoms with Gasteiger partial charge in [0.15, 0.2) is 5.58 Å². The maximum Gasteiger partial charge on any atom is 0.159 e. The van der Waals surface area contributed by atoms with E-state index < -0.39 is 0 Å². The highest BCUT2D eigenvalue weighted by atomic mass is 16.3. The van der Waals surface area contributed by atoms with Gasteiger partial charge in [-0.15, -0.1) is 0 Å². The van der Waals surface area contributed by atoms with Crippen LogP contribution in [-0.4, -0.2) is 0 Å². The van der Waals surface area contributed by atoms with E-state index in [9.17, 15) is 0 Å². The molecular formula is C55H51NO. The average molecular weight is 742 g/mol. The van der Waals surface area contributed by atoms with Crippen molar-refractivity contribution in [1.82, 2.24) is 0 Å². The van der Waals surface area contributed by atoms with Gasteiger partial charge in [-0.3, -0.25) is 0 Å². The molecule has 2 heteroatoms. The van der Waals surface area contributed by atoms with Gasteiger partial charge in [0.1, 0.15) is 5.58 Å². The number of furan rings is 1. The molecule has 0 fully saturated rings. The number of rotatable bonds is 4. The molecule has 8 aromatic rings. The summed E-state index contributed by atoms with van der Waals surface area (Å²) in [6.07, 6.45) is 0. The molecule has 1 aromatic heterocycles. The Labute approximate surface area is 337 Å². The Morgan fingerprint density at radius 3 is 1.68 bits per heavy atom. The molecule has 57 heavy (non-hydrogen) atoms. The SMILES string of the molecule is CC(C)(C)c1cc(C(C)(C)C)c2oc3c(N(c4cccc(C5(C)c6ccccc6-c6ccccc65)c4)c4ccc5c(c4)C(C)(C)c4ccccc4-5)cccc3c2c1. The van der Waals surface area contributed by atoms with Gasteiger partial charge in [-0.25, -0.2) is 0 Å². The largest absolute Gasteiger partial charge is 0.454 e. The third-order valence-electron chi connectivity index (χ3n) is 13.2. The van der Waals surface area contributed by atoms with Gasteiger partial charge >= 0.3 is 0 Å². The second-order valence-corrected chi connectivity index (χ2v) is 19.2. The second kappa shape index (κ2) is 12.1. The van der Waals surface area contributed by atoms with Gasteiger partial charge in [-0.2, -0.15) is 0 Å². The molecule has 2 nitrogen and oxygen atoms in total. The minimum absolute atomic E-state index is 0.00967. The molecule has 0 saturated heterocycles. The van der Waals surface area contributed by atoms with Gasteiger partial charge < -0.3 is 9.32 Å². The summed E-state index contributed by atoms with van der Waals surface area (Å²) in [5.74, 6) is 0. The first-order valence-corrected chi connectivity index (χ1v) is 20.5. The lowest BCUT2D eigenvalue weighted by atomic mass is 9.74. The molecule has 0 radical (unpaired) electrons. The number of fused-ring (bicyclic) bond motifs is 9. The van der Waals surface area contributed by atoms with Crippen LogP contribution in [0.25, 0.3) is 44.2 Å². The Morgan fingerprint density at radius 2 is 1.04 bits per heavy atom. The maximum atomic E-state index is 7.22. The molecule has 0 atom stereocenters. The molecule has 0 unspecified atom stereocenters. The van der Waals surface area contributed by atoms with E-state index in [1.54, 1.807) is 0 Å². The maximum absolute atomic E-state index is 7.22. The lowest BCUT2D eigenvalue weighted by Gasteiger charge is -2.32. The Hall–Kier alpha value is -5.86. The highest BCUT2D eigenvalue weighted by molar-refractivity contribution is 6.11. The van der Waals surface area contributed by atoms with Crippen molar-refractivity contribution in [1.29, 1.82) is 0 Å². The molecule has 0 amide bonds. The van der Waals surface area contributed by atoms with E-state index in [1.165, 1.54) is 66.6 Å². The first-order chi connectivity index (χ1) is 27.2. The summed E-state index contributed by atoms with van der Waals surface area (Å²) >= 11 is 0. The van der Waals surface area contributed by atoms with Crippen LogP contribution < -0.4 is 4.90 Å². The minimum Gasteiger partial charge on any atom is -0.454 e. The van der Waals surface area contributed by atoms with Crippen LogP contribution >= 0.6 is 0 Å². The van der Waals surface area contributed by atoms with Crippen LogP contribution in [0.5, 0.6) is 0 Å². The topological polar surface area (TPSA) is 16.4 Å². The zero-order chi connectivity index (χ0) is 39.6. The van der Waals surface area contributed by atoms with Crippen LogP contribution in [-0.2, 0) is 21.7 Å². The van der Waals surface area contributed by atoms with Crippen molar-refractivity contribution >= 4 is 39.0 Å². The Bertz CT molecular complexity index is 2880. The zero-order valence-electron chi connectivity index (χ0n) is 34.7. The molecule has 7 aromatic carbocycles. The summed E-state index contributed by atoms with van der Waals surface area (Å²) in [6, 6.07) is 54.6. The summed E-state index contributed by atoms with van der Waals surface area (Å²) in [5.41, 5.74) is 19.0. The van der Waals surface area contributed by atoms with E-state index in [1.807, 2.05) is 0 Å². The standard InChI is InChI=1S/C55H51NO/c1-52(2,3)35-31-43-42-23-17-27-49(51(42)57-50(43)48(32-35)53(4,5)6)56(37-28-29-41-38-20-10-13-24-44(38)54(7,8)47(41)33-37)36-19-16-18-34(30-36)55(9)45-25-14-11-21-39(45)40-22-12-15-26-46(40)55/h10-33H,1-9H3. The van der Waals surface area contributed by atoms with Crippen molar-refractivity contribution in [3.8, 4) is 22.3 Å². The third-order valence-corrected chi connectivity index (χ3v) is 13.2. The second-order valence-electron chi connectivity index (χ2n) is 19.2. The zero-order valence-corrected chi connectivity index (χ0v) is 34.7. The van der Waals surface area contributed by atoms with E-state index in [2.05, 4.69) is 213 Å². The molecular weight excluding hydrogens is 691 g/mol.